The molecule has 0 saturated heterocycles. The van der Waals surface area contributed by atoms with Crippen LogP contribution in [0.2, 0.25) is 0 Å². The summed E-state index contributed by atoms with van der Waals surface area (Å²) in [5.41, 5.74) is 8.05. The normalized spacial score (nSPS) is 11.5. The van der Waals surface area contributed by atoms with Crippen LogP contribution in [0.1, 0.15) is 52.9 Å². The van der Waals surface area contributed by atoms with E-state index in [9.17, 15) is 9.59 Å². The minimum atomic E-state index is -0.353. The highest BCUT2D eigenvalue weighted by atomic mass is 16.5. The molecule has 2 amide bonds. The van der Waals surface area contributed by atoms with Crippen molar-refractivity contribution in [3.63, 3.8) is 0 Å². The average molecular weight is 537 g/mol. The van der Waals surface area contributed by atoms with Crippen LogP contribution in [0.3, 0.4) is 0 Å². The Morgan fingerprint density at radius 2 is 1.79 bits per heavy atom. The number of rotatable bonds is 26. The van der Waals surface area contributed by atoms with Gasteiger partial charge in [0.2, 0.25) is 6.41 Å². The minimum Gasteiger partial charge on any atom is -0.387 e. The molecule has 218 valence electrons. The van der Waals surface area contributed by atoms with Gasteiger partial charge in [0.05, 0.1) is 18.8 Å². The second-order valence-corrected chi connectivity index (χ2v) is 9.58. The molecule has 0 unspecified atom stereocenters. The van der Waals surface area contributed by atoms with Crippen LogP contribution in [0.5, 0.6) is 0 Å². The number of nitrogens with one attached hydrogen (secondary N) is 4. The Balaban J connectivity index is 4.49. The Hall–Kier alpha value is -2.50. The minimum absolute atomic E-state index is 0.309. The lowest BCUT2D eigenvalue weighted by Gasteiger charge is -2.27. The lowest BCUT2D eigenvalue weighted by atomic mass is 10.1. The standard InChI is InChI=1S/C28H52N6O4/c1-8-14-27(36)33(24-35)20-12-15-25(3)32-34(31-19-13-17-29-16-9-2)21-11-10-18-30-26(4)22-38-28(5,6)23-37-7/h8-9,14,24,29-32H,2-4,10-13,15-23H2,1,5-7H3/b14-8-. The molecule has 4 N–H and O–H groups in total. The van der Waals surface area contributed by atoms with Gasteiger partial charge in [0.1, 0.15) is 0 Å². The quantitative estimate of drug-likeness (QED) is 0.0436. The summed E-state index contributed by atoms with van der Waals surface area (Å²) >= 11 is 0. The maximum atomic E-state index is 11.9. The monoisotopic (exact) mass is 536 g/mol. The summed E-state index contributed by atoms with van der Waals surface area (Å²) in [7, 11) is 1.66. The lowest BCUT2D eigenvalue weighted by molar-refractivity contribution is -0.134. The topological polar surface area (TPSA) is 107 Å². The van der Waals surface area contributed by atoms with Crippen molar-refractivity contribution < 1.29 is 19.1 Å². The Labute approximate surface area is 230 Å². The molecule has 0 rings (SSSR count). The van der Waals surface area contributed by atoms with Crippen molar-refractivity contribution in [3.8, 4) is 0 Å². The maximum absolute atomic E-state index is 11.9. The summed E-state index contributed by atoms with van der Waals surface area (Å²) < 4.78 is 11.0. The van der Waals surface area contributed by atoms with E-state index in [2.05, 4.69) is 41.2 Å². The van der Waals surface area contributed by atoms with Gasteiger partial charge in [-0.25, -0.2) is 5.43 Å². The summed E-state index contributed by atoms with van der Waals surface area (Å²) in [5.74, 6) is -0.309. The van der Waals surface area contributed by atoms with Crippen molar-refractivity contribution in [2.45, 2.75) is 58.5 Å². The number of unbranched alkanes of at least 4 members (excludes halogenated alkanes) is 1. The fraction of sp³-hybridized carbons (Fsp3) is 0.643. The first-order valence-corrected chi connectivity index (χ1v) is 13.4. The lowest BCUT2D eigenvalue weighted by Crippen LogP contribution is -2.48. The molecular weight excluding hydrogens is 484 g/mol. The molecule has 0 aliphatic rings. The van der Waals surface area contributed by atoms with Crippen molar-refractivity contribution >= 4 is 12.3 Å². The van der Waals surface area contributed by atoms with Crippen molar-refractivity contribution in [3.05, 3.63) is 49.4 Å². The molecule has 38 heavy (non-hydrogen) atoms. The van der Waals surface area contributed by atoms with Gasteiger partial charge in [0.25, 0.3) is 5.91 Å². The zero-order valence-corrected chi connectivity index (χ0v) is 24.2. The molecule has 0 bridgehead atoms. The first-order chi connectivity index (χ1) is 18.2. The second-order valence-electron chi connectivity index (χ2n) is 9.58. The van der Waals surface area contributed by atoms with Gasteiger partial charge >= 0.3 is 0 Å². The highest BCUT2D eigenvalue weighted by Crippen LogP contribution is 2.10. The molecule has 0 aromatic rings. The van der Waals surface area contributed by atoms with E-state index in [0.717, 1.165) is 63.4 Å². The van der Waals surface area contributed by atoms with E-state index < -0.39 is 0 Å². The predicted octanol–water partition coefficient (Wildman–Crippen LogP) is 2.64. The Bertz CT molecular complexity index is 726. The van der Waals surface area contributed by atoms with E-state index in [1.165, 1.54) is 11.0 Å². The number of carbonyl (C=O) groups excluding carboxylic acids is 2. The molecule has 10 nitrogen and oxygen atoms in total. The van der Waals surface area contributed by atoms with Crippen LogP contribution < -0.4 is 21.5 Å². The van der Waals surface area contributed by atoms with E-state index in [4.69, 9.17) is 9.47 Å². The summed E-state index contributed by atoms with van der Waals surface area (Å²) in [6, 6.07) is 0. The number of nitrogens with zero attached hydrogens (tertiary/aromatic N) is 2. The fourth-order valence-corrected chi connectivity index (χ4v) is 3.35. The number of hydrogen-bond donors (Lipinski definition) is 4. The second kappa shape index (κ2) is 22.5. The number of hydrogen-bond acceptors (Lipinski definition) is 9. The third-order valence-electron chi connectivity index (χ3n) is 5.32. The third kappa shape index (κ3) is 19.6. The van der Waals surface area contributed by atoms with Gasteiger partial charge in [-0.1, -0.05) is 25.3 Å². The van der Waals surface area contributed by atoms with Crippen molar-refractivity contribution in [2.24, 2.45) is 0 Å². The van der Waals surface area contributed by atoms with Crippen molar-refractivity contribution in [1.82, 2.24) is 31.5 Å². The SMILES string of the molecule is C=CCNCCCNN(CCCCNC(=C)COC(C)(C)COC)NC(=C)CCCN(C=O)C(=O)/C=C\C. The molecule has 0 aliphatic carbocycles. The fourth-order valence-electron chi connectivity index (χ4n) is 3.35. The van der Waals surface area contributed by atoms with Crippen LogP contribution >= 0.6 is 0 Å². The van der Waals surface area contributed by atoms with Crippen LogP contribution in [-0.4, -0.2) is 87.5 Å². The average Bonchev–Trinajstić information content (AvgIpc) is 2.87. The Kier molecular flexibility index (Phi) is 21.0. The maximum Gasteiger partial charge on any atom is 0.252 e. The molecule has 0 spiro atoms. The molecule has 0 aliphatic heterocycles. The summed E-state index contributed by atoms with van der Waals surface area (Å²) in [4.78, 5) is 24.2. The van der Waals surface area contributed by atoms with E-state index in [0.29, 0.717) is 39.0 Å². The molecular formula is C28H52N6O4. The van der Waals surface area contributed by atoms with Crippen LogP contribution in [0.4, 0.5) is 0 Å². The molecule has 0 saturated carbocycles. The zero-order chi connectivity index (χ0) is 28.7. The summed E-state index contributed by atoms with van der Waals surface area (Å²) in [6.07, 6.45) is 9.54. The molecule has 10 heteroatoms. The van der Waals surface area contributed by atoms with Gasteiger partial charge in [-0.15, -0.1) is 6.58 Å². The molecule has 0 radical (unpaired) electrons. The van der Waals surface area contributed by atoms with Gasteiger partial charge in [-0.3, -0.25) is 14.5 Å². The largest absolute Gasteiger partial charge is 0.387 e. The van der Waals surface area contributed by atoms with Crippen LogP contribution in [-0.2, 0) is 19.1 Å². The predicted molar refractivity (Wildman–Crippen MR) is 155 cm³/mol. The molecule has 0 fully saturated rings. The Morgan fingerprint density at radius 1 is 1.03 bits per heavy atom. The zero-order valence-electron chi connectivity index (χ0n) is 24.2. The number of hydrazine groups is 2. The van der Waals surface area contributed by atoms with Crippen molar-refractivity contribution in [1.29, 1.82) is 0 Å². The first kappa shape index (κ1) is 35.5. The molecule has 0 aromatic heterocycles. The van der Waals surface area contributed by atoms with Gasteiger partial charge in [0.15, 0.2) is 0 Å². The summed E-state index contributed by atoms with van der Waals surface area (Å²) in [5, 5.41) is 8.58. The summed E-state index contributed by atoms with van der Waals surface area (Å²) in [6.45, 7) is 23.0. The van der Waals surface area contributed by atoms with Crippen LogP contribution in [0.25, 0.3) is 0 Å². The van der Waals surface area contributed by atoms with Gasteiger partial charge in [-0.05, 0) is 65.5 Å². The molecule has 0 atom stereocenters. The van der Waals surface area contributed by atoms with E-state index in [1.54, 1.807) is 20.1 Å². The van der Waals surface area contributed by atoms with Crippen LogP contribution in [0.15, 0.2) is 49.4 Å². The number of carbonyl (C=O) groups is 2. The third-order valence-corrected chi connectivity index (χ3v) is 5.32. The van der Waals surface area contributed by atoms with Gasteiger partial charge in [-0.2, -0.15) is 5.12 Å². The van der Waals surface area contributed by atoms with Gasteiger partial charge in [0, 0.05) is 51.2 Å². The van der Waals surface area contributed by atoms with E-state index in [1.807, 2.05) is 25.0 Å². The first-order valence-electron chi connectivity index (χ1n) is 13.4. The van der Waals surface area contributed by atoms with E-state index >= 15 is 0 Å². The van der Waals surface area contributed by atoms with Gasteiger partial charge < -0.3 is 25.5 Å². The number of amides is 2. The highest BCUT2D eigenvalue weighted by molar-refractivity contribution is 5.94. The van der Waals surface area contributed by atoms with Crippen LogP contribution in [0, 0.1) is 0 Å². The number of methoxy groups -OCH3 is 1. The van der Waals surface area contributed by atoms with Crippen molar-refractivity contribution in [2.75, 3.05) is 59.6 Å². The number of imide groups is 1. The highest BCUT2D eigenvalue weighted by Gasteiger charge is 2.18. The number of ether oxygens (including phenoxy) is 2. The molecule has 0 aromatic carbocycles. The number of allylic oxidation sites excluding steroid dienone is 2. The molecule has 0 heterocycles. The Morgan fingerprint density at radius 3 is 2.45 bits per heavy atom. The smallest absolute Gasteiger partial charge is 0.252 e. The van der Waals surface area contributed by atoms with E-state index in [-0.39, 0.29) is 11.5 Å².